The molecule has 0 aliphatic carbocycles. The summed E-state index contributed by atoms with van der Waals surface area (Å²) in [6, 6.07) is 7.39. The van der Waals surface area contributed by atoms with Gasteiger partial charge in [0, 0.05) is 12.6 Å². The van der Waals surface area contributed by atoms with E-state index in [2.05, 4.69) is 0 Å². The summed E-state index contributed by atoms with van der Waals surface area (Å²) < 4.78 is 9.39. The minimum atomic E-state index is -0.365. The van der Waals surface area contributed by atoms with Gasteiger partial charge in [-0.2, -0.15) is 0 Å². The Labute approximate surface area is 119 Å². The average molecular weight is 279 g/mol. The van der Waals surface area contributed by atoms with Crippen LogP contribution in [-0.2, 0) is 20.8 Å². The van der Waals surface area contributed by atoms with Crippen LogP contribution in [0.3, 0.4) is 0 Å². The van der Waals surface area contributed by atoms with E-state index in [1.54, 1.807) is 18.2 Å². The SMILES string of the molecule is COC(=O)CN(Cc1cccc(C(=O)OC)c1)C(C)C. The molecule has 0 saturated carbocycles. The second-order valence-corrected chi connectivity index (χ2v) is 4.77. The third-order valence-electron chi connectivity index (χ3n) is 3.02. The molecule has 0 unspecified atom stereocenters. The van der Waals surface area contributed by atoms with Crippen LogP contribution in [-0.4, -0.2) is 43.6 Å². The minimum Gasteiger partial charge on any atom is -0.468 e. The van der Waals surface area contributed by atoms with Gasteiger partial charge in [-0.25, -0.2) is 4.79 Å². The van der Waals surface area contributed by atoms with Gasteiger partial charge < -0.3 is 9.47 Å². The van der Waals surface area contributed by atoms with E-state index >= 15 is 0 Å². The molecule has 0 N–H and O–H groups in total. The summed E-state index contributed by atoms with van der Waals surface area (Å²) in [4.78, 5) is 24.9. The summed E-state index contributed by atoms with van der Waals surface area (Å²) >= 11 is 0. The number of methoxy groups -OCH3 is 2. The van der Waals surface area contributed by atoms with Crippen LogP contribution in [0, 0.1) is 0 Å². The molecule has 20 heavy (non-hydrogen) atoms. The maximum absolute atomic E-state index is 11.5. The van der Waals surface area contributed by atoms with Gasteiger partial charge in [0.25, 0.3) is 0 Å². The van der Waals surface area contributed by atoms with Crippen molar-refractivity contribution in [2.45, 2.75) is 26.4 Å². The van der Waals surface area contributed by atoms with Crippen molar-refractivity contribution in [1.29, 1.82) is 0 Å². The normalized spacial score (nSPS) is 10.7. The standard InChI is InChI=1S/C15H21NO4/c1-11(2)16(10-14(17)19-3)9-12-6-5-7-13(8-12)15(18)20-4/h5-8,11H,9-10H2,1-4H3. The second kappa shape index (κ2) is 7.65. The van der Waals surface area contributed by atoms with Gasteiger partial charge in [-0.3, -0.25) is 9.69 Å². The molecule has 0 amide bonds. The Morgan fingerprint density at radius 1 is 1.20 bits per heavy atom. The van der Waals surface area contributed by atoms with Gasteiger partial charge in [-0.05, 0) is 31.5 Å². The molecule has 110 valence electrons. The second-order valence-electron chi connectivity index (χ2n) is 4.77. The van der Waals surface area contributed by atoms with Crippen molar-refractivity contribution in [2.24, 2.45) is 0 Å². The van der Waals surface area contributed by atoms with E-state index in [4.69, 9.17) is 9.47 Å². The van der Waals surface area contributed by atoms with Crippen LogP contribution in [0.2, 0.25) is 0 Å². The molecule has 0 bridgehead atoms. The maximum Gasteiger partial charge on any atom is 0.337 e. The number of esters is 2. The zero-order valence-electron chi connectivity index (χ0n) is 12.4. The van der Waals surface area contributed by atoms with Crippen LogP contribution in [0.1, 0.15) is 29.8 Å². The largest absolute Gasteiger partial charge is 0.468 e. The molecule has 1 aromatic carbocycles. The molecule has 0 fully saturated rings. The predicted octanol–water partition coefficient (Wildman–Crippen LogP) is 1.86. The fraction of sp³-hybridized carbons (Fsp3) is 0.467. The highest BCUT2D eigenvalue weighted by Gasteiger charge is 2.15. The van der Waals surface area contributed by atoms with Gasteiger partial charge in [-0.15, -0.1) is 0 Å². The maximum atomic E-state index is 11.5. The van der Waals surface area contributed by atoms with Crippen LogP contribution < -0.4 is 0 Å². The molecule has 0 aromatic heterocycles. The summed E-state index contributed by atoms with van der Waals surface area (Å²) in [5.41, 5.74) is 1.46. The highest BCUT2D eigenvalue weighted by atomic mass is 16.5. The number of nitrogens with zero attached hydrogens (tertiary/aromatic N) is 1. The first-order valence-electron chi connectivity index (χ1n) is 6.46. The zero-order valence-corrected chi connectivity index (χ0v) is 12.4. The van der Waals surface area contributed by atoms with Crippen LogP contribution in [0.4, 0.5) is 0 Å². The number of carbonyl (C=O) groups is 2. The summed E-state index contributed by atoms with van der Waals surface area (Å²) in [6.45, 7) is 4.80. The molecule has 1 rings (SSSR count). The predicted molar refractivity (Wildman–Crippen MR) is 75.3 cm³/mol. The molecule has 5 nitrogen and oxygen atoms in total. The first kappa shape index (κ1) is 16.2. The van der Waals surface area contributed by atoms with Crippen LogP contribution in [0.15, 0.2) is 24.3 Å². The molecule has 0 aliphatic heterocycles. The Morgan fingerprint density at radius 3 is 2.45 bits per heavy atom. The first-order valence-corrected chi connectivity index (χ1v) is 6.46. The molecule has 0 aliphatic rings. The molecule has 0 spiro atoms. The smallest absolute Gasteiger partial charge is 0.337 e. The first-order chi connectivity index (χ1) is 9.47. The van der Waals surface area contributed by atoms with Gasteiger partial charge in [0.2, 0.25) is 0 Å². The summed E-state index contributed by atoms with van der Waals surface area (Å²) in [5, 5.41) is 0. The lowest BCUT2D eigenvalue weighted by Crippen LogP contribution is -2.35. The van der Waals surface area contributed by atoms with E-state index in [0.717, 1.165) is 5.56 Å². The molecule has 1 aromatic rings. The van der Waals surface area contributed by atoms with Crippen LogP contribution in [0.25, 0.3) is 0 Å². The quantitative estimate of drug-likeness (QED) is 0.744. The van der Waals surface area contributed by atoms with Crippen LogP contribution >= 0.6 is 0 Å². The van der Waals surface area contributed by atoms with Gasteiger partial charge >= 0.3 is 11.9 Å². The van der Waals surface area contributed by atoms with E-state index < -0.39 is 0 Å². The van der Waals surface area contributed by atoms with E-state index in [9.17, 15) is 9.59 Å². The third-order valence-corrected chi connectivity index (χ3v) is 3.02. The Hall–Kier alpha value is -1.88. The molecular formula is C15H21NO4. The number of benzene rings is 1. The van der Waals surface area contributed by atoms with E-state index in [0.29, 0.717) is 12.1 Å². The average Bonchev–Trinajstić information content (AvgIpc) is 2.45. The lowest BCUT2D eigenvalue weighted by molar-refractivity contribution is -0.142. The van der Waals surface area contributed by atoms with Gasteiger partial charge in [0.1, 0.15) is 0 Å². The molecular weight excluding hydrogens is 258 g/mol. The van der Waals surface area contributed by atoms with E-state index in [1.807, 2.05) is 24.8 Å². The Balaban J connectivity index is 2.83. The van der Waals surface area contributed by atoms with Gasteiger partial charge in [0.05, 0.1) is 26.3 Å². The van der Waals surface area contributed by atoms with Crippen LogP contribution in [0.5, 0.6) is 0 Å². The van der Waals surface area contributed by atoms with Crippen molar-refractivity contribution in [1.82, 2.24) is 4.90 Å². The highest BCUT2D eigenvalue weighted by Crippen LogP contribution is 2.11. The van der Waals surface area contributed by atoms with E-state index in [1.165, 1.54) is 14.2 Å². The van der Waals surface area contributed by atoms with Crippen molar-refractivity contribution < 1.29 is 19.1 Å². The molecule has 5 heteroatoms. The lowest BCUT2D eigenvalue weighted by atomic mass is 10.1. The van der Waals surface area contributed by atoms with Crippen molar-refractivity contribution in [2.75, 3.05) is 20.8 Å². The number of hydrogen-bond acceptors (Lipinski definition) is 5. The summed E-state index contributed by atoms with van der Waals surface area (Å²) in [7, 11) is 2.73. The van der Waals surface area contributed by atoms with Crippen molar-refractivity contribution in [3.63, 3.8) is 0 Å². The fourth-order valence-corrected chi connectivity index (χ4v) is 1.80. The Morgan fingerprint density at radius 2 is 1.90 bits per heavy atom. The monoisotopic (exact) mass is 279 g/mol. The number of carbonyl (C=O) groups excluding carboxylic acids is 2. The van der Waals surface area contributed by atoms with Crippen molar-refractivity contribution in [3.8, 4) is 0 Å². The van der Waals surface area contributed by atoms with Gasteiger partial charge in [0.15, 0.2) is 0 Å². The zero-order chi connectivity index (χ0) is 15.1. The number of ether oxygens (including phenoxy) is 2. The lowest BCUT2D eigenvalue weighted by Gasteiger charge is -2.25. The van der Waals surface area contributed by atoms with Crippen molar-refractivity contribution >= 4 is 11.9 Å². The summed E-state index contributed by atoms with van der Waals surface area (Å²) in [6.07, 6.45) is 0. The third kappa shape index (κ3) is 4.66. The number of hydrogen-bond donors (Lipinski definition) is 0. The minimum absolute atomic E-state index is 0.191. The molecule has 0 radical (unpaired) electrons. The topological polar surface area (TPSA) is 55.8 Å². The van der Waals surface area contributed by atoms with Crippen molar-refractivity contribution in [3.05, 3.63) is 35.4 Å². The molecule has 0 atom stereocenters. The highest BCUT2D eigenvalue weighted by molar-refractivity contribution is 5.89. The van der Waals surface area contributed by atoms with E-state index in [-0.39, 0.29) is 24.5 Å². The Kier molecular flexibility index (Phi) is 6.18. The number of rotatable bonds is 6. The van der Waals surface area contributed by atoms with Gasteiger partial charge in [-0.1, -0.05) is 12.1 Å². The fourth-order valence-electron chi connectivity index (χ4n) is 1.80. The molecule has 0 saturated heterocycles. The molecule has 0 heterocycles. The Bertz CT molecular complexity index is 471. The summed E-state index contributed by atoms with van der Waals surface area (Å²) in [5.74, 6) is -0.640.